The zero-order valence-electron chi connectivity index (χ0n) is 12.1. The molecule has 0 saturated heterocycles. The molecule has 1 aromatic carbocycles. The second-order valence-corrected chi connectivity index (χ2v) is 6.21. The van der Waals surface area contributed by atoms with Crippen molar-refractivity contribution < 1.29 is 9.47 Å². The van der Waals surface area contributed by atoms with Crippen molar-refractivity contribution in [1.82, 2.24) is 0 Å². The van der Waals surface area contributed by atoms with Crippen LogP contribution in [-0.4, -0.2) is 14.2 Å². The van der Waals surface area contributed by atoms with Crippen LogP contribution in [0.1, 0.15) is 49.5 Å². The van der Waals surface area contributed by atoms with Gasteiger partial charge in [0.1, 0.15) is 16.5 Å². The van der Waals surface area contributed by atoms with Crippen LogP contribution in [0.25, 0.3) is 0 Å². The van der Waals surface area contributed by atoms with Crippen LogP contribution in [-0.2, 0) is 0 Å². The van der Waals surface area contributed by atoms with E-state index in [0.717, 1.165) is 5.56 Å². The third-order valence-corrected chi connectivity index (χ3v) is 5.08. The fraction of sp³-hybridized carbons (Fsp3) is 0.625. The van der Waals surface area contributed by atoms with Crippen molar-refractivity contribution in [3.05, 3.63) is 22.7 Å². The lowest BCUT2D eigenvalue weighted by Crippen LogP contribution is -2.09. The van der Waals surface area contributed by atoms with Crippen LogP contribution >= 0.6 is 23.2 Å². The topological polar surface area (TPSA) is 18.5 Å². The normalized spacial score (nSPS) is 18.4. The molecule has 0 heterocycles. The number of halogens is 2. The quantitative estimate of drug-likeness (QED) is 0.531. The number of hydrogen-bond donors (Lipinski definition) is 0. The van der Waals surface area contributed by atoms with Crippen LogP contribution in [0.4, 0.5) is 0 Å². The van der Waals surface area contributed by atoms with Crippen molar-refractivity contribution in [1.29, 1.82) is 0 Å². The summed E-state index contributed by atoms with van der Waals surface area (Å²) in [6, 6.07) is 3.85. The monoisotopic (exact) mass is 316 g/mol. The van der Waals surface area contributed by atoms with Gasteiger partial charge in [0.25, 0.3) is 0 Å². The molecule has 0 bridgehead atoms. The lowest BCUT2D eigenvalue weighted by Gasteiger charge is -2.23. The van der Waals surface area contributed by atoms with Crippen molar-refractivity contribution >= 4 is 23.2 Å². The maximum absolute atomic E-state index is 6.73. The molecule has 1 fully saturated rings. The SMILES string of the molecule is COc1ccc(C(Cl)C2CCCCCC2)c(OC)c1Cl. The number of hydrogen-bond acceptors (Lipinski definition) is 2. The van der Waals surface area contributed by atoms with Gasteiger partial charge >= 0.3 is 0 Å². The lowest BCUT2D eigenvalue weighted by molar-refractivity contribution is 0.381. The van der Waals surface area contributed by atoms with Gasteiger partial charge in [-0.25, -0.2) is 0 Å². The summed E-state index contributed by atoms with van der Waals surface area (Å²) in [5.41, 5.74) is 0.979. The molecule has 0 N–H and O–H groups in total. The number of ether oxygens (including phenoxy) is 2. The highest BCUT2D eigenvalue weighted by Gasteiger charge is 2.26. The van der Waals surface area contributed by atoms with E-state index in [9.17, 15) is 0 Å². The van der Waals surface area contributed by atoms with Gasteiger partial charge in [0, 0.05) is 5.56 Å². The third kappa shape index (κ3) is 3.35. The summed E-state index contributed by atoms with van der Waals surface area (Å²) >= 11 is 13.1. The van der Waals surface area contributed by atoms with Gasteiger partial charge in [0.15, 0.2) is 0 Å². The van der Waals surface area contributed by atoms with Gasteiger partial charge in [0.2, 0.25) is 0 Å². The Morgan fingerprint density at radius 2 is 1.70 bits per heavy atom. The first-order chi connectivity index (χ1) is 9.69. The minimum atomic E-state index is -0.0496. The Morgan fingerprint density at radius 3 is 2.25 bits per heavy atom. The molecule has 112 valence electrons. The summed E-state index contributed by atoms with van der Waals surface area (Å²) in [5.74, 6) is 1.77. The second-order valence-electron chi connectivity index (χ2n) is 5.36. The van der Waals surface area contributed by atoms with E-state index in [4.69, 9.17) is 32.7 Å². The van der Waals surface area contributed by atoms with E-state index < -0.39 is 0 Å². The minimum Gasteiger partial charge on any atom is -0.495 e. The van der Waals surface area contributed by atoms with Crippen molar-refractivity contribution in [3.8, 4) is 11.5 Å². The Labute approximate surface area is 131 Å². The third-order valence-electron chi connectivity index (χ3n) is 4.13. The molecule has 2 nitrogen and oxygen atoms in total. The van der Waals surface area contributed by atoms with Crippen molar-refractivity contribution in [2.24, 2.45) is 5.92 Å². The van der Waals surface area contributed by atoms with Crippen LogP contribution in [0.2, 0.25) is 5.02 Å². The summed E-state index contributed by atoms with van der Waals surface area (Å²) in [7, 11) is 3.23. The molecular weight excluding hydrogens is 295 g/mol. The van der Waals surface area contributed by atoms with Gasteiger partial charge in [-0.15, -0.1) is 11.6 Å². The predicted molar refractivity (Wildman–Crippen MR) is 84.3 cm³/mol. The molecule has 0 amide bonds. The van der Waals surface area contributed by atoms with E-state index in [1.165, 1.54) is 38.5 Å². The first-order valence-electron chi connectivity index (χ1n) is 7.23. The Balaban J connectivity index is 2.28. The van der Waals surface area contributed by atoms with Crippen molar-refractivity contribution in [2.75, 3.05) is 14.2 Å². The number of benzene rings is 1. The minimum absolute atomic E-state index is 0.0496. The van der Waals surface area contributed by atoms with Gasteiger partial charge in [-0.05, 0) is 24.8 Å². The first-order valence-corrected chi connectivity index (χ1v) is 8.05. The smallest absolute Gasteiger partial charge is 0.145 e. The summed E-state index contributed by atoms with van der Waals surface area (Å²) in [5, 5.41) is 0.457. The molecule has 0 aliphatic heterocycles. The van der Waals surface area contributed by atoms with Crippen LogP contribution in [0, 0.1) is 5.92 Å². The molecule has 2 rings (SSSR count). The number of alkyl halides is 1. The van der Waals surface area contributed by atoms with Crippen LogP contribution in [0.3, 0.4) is 0 Å². The van der Waals surface area contributed by atoms with Crippen molar-refractivity contribution in [2.45, 2.75) is 43.9 Å². The zero-order valence-corrected chi connectivity index (χ0v) is 13.6. The maximum atomic E-state index is 6.73. The standard InChI is InChI=1S/C16H22Cl2O2/c1-19-13-10-9-12(16(20-2)15(13)18)14(17)11-7-5-3-4-6-8-11/h9-11,14H,3-8H2,1-2H3. The van der Waals surface area contributed by atoms with E-state index in [2.05, 4.69) is 0 Å². The summed E-state index contributed by atoms with van der Waals surface area (Å²) in [4.78, 5) is 0. The molecule has 20 heavy (non-hydrogen) atoms. The molecule has 0 radical (unpaired) electrons. The van der Waals surface area contributed by atoms with Crippen LogP contribution < -0.4 is 9.47 Å². The highest BCUT2D eigenvalue weighted by molar-refractivity contribution is 6.34. The largest absolute Gasteiger partial charge is 0.495 e. The van der Waals surface area contributed by atoms with E-state index in [0.29, 0.717) is 22.4 Å². The van der Waals surface area contributed by atoms with Crippen molar-refractivity contribution in [3.63, 3.8) is 0 Å². The highest BCUT2D eigenvalue weighted by atomic mass is 35.5. The number of rotatable bonds is 4. The summed E-state index contributed by atoms with van der Waals surface area (Å²) < 4.78 is 10.7. The van der Waals surface area contributed by atoms with Crippen LogP contribution in [0.5, 0.6) is 11.5 Å². The average molecular weight is 317 g/mol. The molecule has 1 aliphatic carbocycles. The molecule has 1 aromatic rings. The molecule has 1 saturated carbocycles. The fourth-order valence-electron chi connectivity index (χ4n) is 2.99. The Hall–Kier alpha value is -0.600. The van der Waals surface area contributed by atoms with Gasteiger partial charge in [-0.2, -0.15) is 0 Å². The lowest BCUT2D eigenvalue weighted by atomic mass is 9.91. The highest BCUT2D eigenvalue weighted by Crippen LogP contribution is 2.46. The molecular formula is C16H22Cl2O2. The van der Waals surface area contributed by atoms with Gasteiger partial charge in [-0.1, -0.05) is 43.4 Å². The summed E-state index contributed by atoms with van der Waals surface area (Å²) in [6.45, 7) is 0. The van der Waals surface area contributed by atoms with E-state index in [1.54, 1.807) is 14.2 Å². The predicted octanol–water partition coefficient (Wildman–Crippen LogP) is 5.61. The second kappa shape index (κ2) is 7.42. The van der Waals surface area contributed by atoms with Crippen LogP contribution in [0.15, 0.2) is 12.1 Å². The average Bonchev–Trinajstić information content (AvgIpc) is 2.75. The maximum Gasteiger partial charge on any atom is 0.145 e. The molecule has 0 aromatic heterocycles. The summed E-state index contributed by atoms with van der Waals surface area (Å²) in [6.07, 6.45) is 7.53. The first kappa shape index (κ1) is 15.8. The van der Waals surface area contributed by atoms with Gasteiger partial charge in [-0.3, -0.25) is 0 Å². The zero-order chi connectivity index (χ0) is 14.5. The molecule has 1 aliphatic rings. The van der Waals surface area contributed by atoms with Gasteiger partial charge < -0.3 is 9.47 Å². The number of methoxy groups -OCH3 is 2. The Kier molecular flexibility index (Phi) is 5.86. The van der Waals surface area contributed by atoms with E-state index >= 15 is 0 Å². The fourth-order valence-corrected chi connectivity index (χ4v) is 3.74. The molecule has 1 unspecified atom stereocenters. The molecule has 4 heteroatoms. The van der Waals surface area contributed by atoms with Gasteiger partial charge in [0.05, 0.1) is 19.6 Å². The molecule has 0 spiro atoms. The Bertz CT molecular complexity index is 440. The molecule has 1 atom stereocenters. The van der Waals surface area contributed by atoms with E-state index in [-0.39, 0.29) is 5.38 Å². The Morgan fingerprint density at radius 1 is 1.05 bits per heavy atom. The van der Waals surface area contributed by atoms with E-state index in [1.807, 2.05) is 12.1 Å².